The van der Waals surface area contributed by atoms with Gasteiger partial charge in [0.05, 0.1) is 79.3 Å². The minimum Gasteiger partial charge on any atom is -0.378 e. The van der Waals surface area contributed by atoms with E-state index in [1.54, 1.807) is 27.7 Å². The molecule has 0 aromatic heterocycles. The zero-order valence-corrected chi connectivity index (χ0v) is 26.1. The van der Waals surface area contributed by atoms with Crippen LogP contribution in [-0.4, -0.2) is 127 Å². The molecule has 228 valence electrons. The minimum absolute atomic E-state index is 0.308. The van der Waals surface area contributed by atoms with E-state index in [1.807, 2.05) is 23.6 Å². The predicted molar refractivity (Wildman–Crippen MR) is 147 cm³/mol. The average molecular weight is 591 g/mol. The lowest BCUT2D eigenvalue weighted by Gasteiger charge is -2.33. The lowest BCUT2D eigenvalue weighted by Crippen LogP contribution is -2.40. The molecule has 1 heterocycles. The van der Waals surface area contributed by atoms with E-state index in [0.717, 1.165) is 0 Å². The number of hydrogen-bond acceptors (Lipinski definition) is 12. The van der Waals surface area contributed by atoms with E-state index in [2.05, 4.69) is 0 Å². The van der Waals surface area contributed by atoms with Crippen molar-refractivity contribution < 1.29 is 46.2 Å². The summed E-state index contributed by atoms with van der Waals surface area (Å²) in [5.41, 5.74) is 0. The Morgan fingerprint density at radius 1 is 0.526 bits per heavy atom. The largest absolute Gasteiger partial charge is 0.378 e. The number of hydrogen-bond donors (Lipinski definition) is 0. The SMILES string of the molecule is CCOP(=O)(OCC)C(C)N1CCOCCOCCN(C(C)P(=O)(OCC)OCC)CCOCCOCC1. The molecule has 0 N–H and O–H groups in total. The van der Waals surface area contributed by atoms with E-state index in [9.17, 15) is 9.13 Å². The second kappa shape index (κ2) is 20.9. The Bertz CT molecular complexity index is 595. The first-order valence-electron chi connectivity index (χ1n) is 13.8. The third kappa shape index (κ3) is 13.1. The average Bonchev–Trinajstić information content (AvgIpc) is 2.88. The van der Waals surface area contributed by atoms with Gasteiger partial charge in [-0.3, -0.25) is 18.9 Å². The third-order valence-electron chi connectivity index (χ3n) is 6.04. The molecule has 2 atom stereocenters. The van der Waals surface area contributed by atoms with Crippen molar-refractivity contribution in [2.24, 2.45) is 0 Å². The van der Waals surface area contributed by atoms with Gasteiger partial charge in [0.2, 0.25) is 0 Å². The van der Waals surface area contributed by atoms with Gasteiger partial charge in [0, 0.05) is 26.2 Å². The van der Waals surface area contributed by atoms with Crippen molar-refractivity contribution in [3.05, 3.63) is 0 Å². The van der Waals surface area contributed by atoms with Crippen LogP contribution in [0, 0.1) is 0 Å². The van der Waals surface area contributed by atoms with Crippen LogP contribution in [0.3, 0.4) is 0 Å². The van der Waals surface area contributed by atoms with Crippen LogP contribution in [0.15, 0.2) is 0 Å². The monoisotopic (exact) mass is 590 g/mol. The highest BCUT2D eigenvalue weighted by molar-refractivity contribution is 7.54. The zero-order chi connectivity index (χ0) is 28.3. The maximum Gasteiger partial charge on any atom is 0.347 e. The summed E-state index contributed by atoms with van der Waals surface area (Å²) in [7, 11) is -6.62. The molecule has 0 aromatic carbocycles. The first-order valence-corrected chi connectivity index (χ1v) is 17.1. The van der Waals surface area contributed by atoms with Gasteiger partial charge in [0.25, 0.3) is 0 Å². The lowest BCUT2D eigenvalue weighted by molar-refractivity contribution is 0.00318. The zero-order valence-electron chi connectivity index (χ0n) is 24.3. The first-order chi connectivity index (χ1) is 18.3. The molecular weight excluding hydrogens is 538 g/mol. The molecule has 0 radical (unpaired) electrons. The smallest absolute Gasteiger partial charge is 0.347 e. The second-order valence-corrected chi connectivity index (χ2v) is 13.2. The van der Waals surface area contributed by atoms with Crippen LogP contribution in [0.1, 0.15) is 41.5 Å². The topological polar surface area (TPSA) is 114 Å². The van der Waals surface area contributed by atoms with Gasteiger partial charge < -0.3 is 37.0 Å². The fourth-order valence-corrected chi connectivity index (χ4v) is 7.68. The predicted octanol–water partition coefficient (Wildman–Crippen LogP) is 3.89. The molecule has 14 heteroatoms. The molecule has 1 aliphatic heterocycles. The summed E-state index contributed by atoms with van der Waals surface area (Å²) in [6.07, 6.45) is 0. The van der Waals surface area contributed by atoms with Crippen LogP contribution in [0.2, 0.25) is 0 Å². The molecule has 2 unspecified atom stereocenters. The maximum atomic E-state index is 13.3. The highest BCUT2D eigenvalue weighted by Gasteiger charge is 2.37. The van der Waals surface area contributed by atoms with E-state index in [4.69, 9.17) is 37.0 Å². The Morgan fingerprint density at radius 3 is 0.974 bits per heavy atom. The Kier molecular flexibility index (Phi) is 19.8. The number of rotatable bonds is 12. The summed E-state index contributed by atoms with van der Waals surface area (Å²) in [6.45, 7) is 17.7. The van der Waals surface area contributed by atoms with Gasteiger partial charge in [-0.2, -0.15) is 0 Å². The van der Waals surface area contributed by atoms with Crippen LogP contribution in [-0.2, 0) is 46.2 Å². The summed E-state index contributed by atoms with van der Waals surface area (Å²) in [5.74, 6) is -0.880. The Morgan fingerprint density at radius 2 is 0.763 bits per heavy atom. The summed E-state index contributed by atoms with van der Waals surface area (Å²) in [6, 6.07) is 0. The van der Waals surface area contributed by atoms with Crippen LogP contribution < -0.4 is 0 Å². The van der Waals surface area contributed by atoms with Crippen molar-refractivity contribution in [1.29, 1.82) is 0 Å². The van der Waals surface area contributed by atoms with Gasteiger partial charge in [0.1, 0.15) is 11.6 Å². The molecule has 0 bridgehead atoms. The molecule has 1 rings (SSSR count). The molecular formula is C24H52N2O10P2. The standard InChI is InChI=1S/C24H52N2O10P2/c1-7-33-37(27,34-8-2)23(5)25-11-15-29-19-21-31-17-13-26(14-18-32-22-20-30-16-12-25)24(6)38(28,35-9-3)36-10-4/h23-24H,7-22H2,1-6H3. The van der Waals surface area contributed by atoms with Crippen LogP contribution in [0.4, 0.5) is 0 Å². The molecule has 0 amide bonds. The summed E-state index contributed by atoms with van der Waals surface area (Å²) in [4.78, 5) is 4.04. The Balaban J connectivity index is 2.75. The maximum absolute atomic E-state index is 13.3. The molecule has 1 saturated heterocycles. The molecule has 0 spiro atoms. The van der Waals surface area contributed by atoms with Crippen LogP contribution in [0.25, 0.3) is 0 Å². The van der Waals surface area contributed by atoms with Crippen molar-refractivity contribution in [2.75, 3.05) is 105 Å². The Labute approximate surface area is 229 Å². The van der Waals surface area contributed by atoms with Gasteiger partial charge in [-0.05, 0) is 41.5 Å². The van der Waals surface area contributed by atoms with Gasteiger partial charge in [0.15, 0.2) is 0 Å². The van der Waals surface area contributed by atoms with Crippen molar-refractivity contribution in [3.8, 4) is 0 Å². The van der Waals surface area contributed by atoms with E-state index in [0.29, 0.717) is 105 Å². The Hall–Kier alpha value is 0.0600. The minimum atomic E-state index is -3.31. The second-order valence-electron chi connectivity index (χ2n) is 8.54. The van der Waals surface area contributed by atoms with Crippen molar-refractivity contribution in [3.63, 3.8) is 0 Å². The normalized spacial score (nSPS) is 21.4. The number of ether oxygens (including phenoxy) is 4. The van der Waals surface area contributed by atoms with E-state index in [1.165, 1.54) is 0 Å². The van der Waals surface area contributed by atoms with Crippen molar-refractivity contribution >= 4 is 15.2 Å². The third-order valence-corrected chi connectivity index (χ3v) is 11.0. The fourth-order valence-electron chi connectivity index (χ4n) is 3.97. The van der Waals surface area contributed by atoms with Gasteiger partial charge in [-0.1, -0.05) is 0 Å². The van der Waals surface area contributed by atoms with Gasteiger partial charge >= 0.3 is 15.2 Å². The summed E-state index contributed by atoms with van der Waals surface area (Å²) < 4.78 is 72.0. The summed E-state index contributed by atoms with van der Waals surface area (Å²) >= 11 is 0. The van der Waals surface area contributed by atoms with Gasteiger partial charge in [-0.25, -0.2) is 0 Å². The first kappa shape index (κ1) is 36.1. The van der Waals surface area contributed by atoms with Crippen molar-refractivity contribution in [2.45, 2.75) is 53.1 Å². The van der Waals surface area contributed by atoms with Gasteiger partial charge in [-0.15, -0.1) is 0 Å². The van der Waals surface area contributed by atoms with Crippen LogP contribution >= 0.6 is 15.2 Å². The van der Waals surface area contributed by atoms with Crippen molar-refractivity contribution in [1.82, 2.24) is 9.80 Å². The molecule has 38 heavy (non-hydrogen) atoms. The van der Waals surface area contributed by atoms with Crippen LogP contribution in [0.5, 0.6) is 0 Å². The lowest BCUT2D eigenvalue weighted by atomic mass is 10.4. The van der Waals surface area contributed by atoms with E-state index in [-0.39, 0.29) is 0 Å². The molecule has 0 saturated carbocycles. The molecule has 12 nitrogen and oxygen atoms in total. The molecule has 1 fully saturated rings. The van der Waals surface area contributed by atoms with E-state index < -0.39 is 26.8 Å². The highest BCUT2D eigenvalue weighted by atomic mass is 31.2. The van der Waals surface area contributed by atoms with E-state index >= 15 is 0 Å². The summed E-state index contributed by atoms with van der Waals surface area (Å²) in [5, 5.41) is 0. The number of nitrogens with zero attached hydrogens (tertiary/aromatic N) is 2. The highest BCUT2D eigenvalue weighted by Crippen LogP contribution is 2.54. The quantitative estimate of drug-likeness (QED) is 0.307. The molecule has 1 aliphatic rings. The fraction of sp³-hybridized carbons (Fsp3) is 1.00. The molecule has 0 aromatic rings. The molecule has 0 aliphatic carbocycles.